The Labute approximate surface area is 142 Å². The maximum Gasteiger partial charge on any atom is 0.239 e. The fourth-order valence-electron chi connectivity index (χ4n) is 2.87. The molecule has 0 unspecified atom stereocenters. The molecule has 1 amide bonds. The molecule has 1 N–H and O–H groups in total. The van der Waals surface area contributed by atoms with Crippen LogP contribution in [-0.2, 0) is 20.6 Å². The van der Waals surface area contributed by atoms with Gasteiger partial charge in [-0.05, 0) is 48.9 Å². The van der Waals surface area contributed by atoms with E-state index in [9.17, 15) is 13.2 Å². The van der Waals surface area contributed by atoms with Crippen LogP contribution >= 0.6 is 0 Å². The summed E-state index contributed by atoms with van der Waals surface area (Å²) in [6.45, 7) is 3.78. The molecule has 0 spiro atoms. The highest BCUT2D eigenvalue weighted by molar-refractivity contribution is 7.89. The lowest BCUT2D eigenvalue weighted by Crippen LogP contribution is -2.33. The Morgan fingerprint density at radius 2 is 2.08 bits per heavy atom. The van der Waals surface area contributed by atoms with Crippen molar-refractivity contribution >= 4 is 15.9 Å². The van der Waals surface area contributed by atoms with Gasteiger partial charge in [0.05, 0.1) is 5.75 Å². The van der Waals surface area contributed by atoms with Gasteiger partial charge in [0.2, 0.25) is 15.9 Å². The molecule has 1 aromatic carbocycles. The van der Waals surface area contributed by atoms with Gasteiger partial charge < -0.3 is 0 Å². The van der Waals surface area contributed by atoms with Crippen LogP contribution in [0.3, 0.4) is 0 Å². The van der Waals surface area contributed by atoms with Crippen molar-refractivity contribution in [2.75, 3.05) is 0 Å². The maximum absolute atomic E-state index is 12.3. The van der Waals surface area contributed by atoms with Gasteiger partial charge >= 0.3 is 0 Å². The van der Waals surface area contributed by atoms with Crippen LogP contribution in [0.15, 0.2) is 42.7 Å². The van der Waals surface area contributed by atoms with E-state index >= 15 is 0 Å². The number of hydrogen-bond donors (Lipinski definition) is 1. The van der Waals surface area contributed by atoms with E-state index in [4.69, 9.17) is 0 Å². The summed E-state index contributed by atoms with van der Waals surface area (Å²) in [5.41, 5.74) is 3.59. The van der Waals surface area contributed by atoms with Crippen LogP contribution in [0, 0.1) is 19.8 Å². The lowest BCUT2D eigenvalue weighted by atomic mass is 10.1. The first-order valence-electron chi connectivity index (χ1n) is 7.86. The molecule has 0 radical (unpaired) electrons. The molecule has 1 heterocycles. The molecular weight excluding hydrogens is 324 g/mol. The highest BCUT2D eigenvalue weighted by Crippen LogP contribution is 2.47. The van der Waals surface area contributed by atoms with Crippen LogP contribution < -0.4 is 4.72 Å². The second kappa shape index (κ2) is 6.36. The molecular formula is C18H20N2O3S. The van der Waals surface area contributed by atoms with Gasteiger partial charge in [0.15, 0.2) is 0 Å². The van der Waals surface area contributed by atoms with E-state index in [1.807, 2.05) is 44.2 Å². The van der Waals surface area contributed by atoms with Gasteiger partial charge in [-0.25, -0.2) is 8.42 Å². The van der Waals surface area contributed by atoms with Gasteiger partial charge in [0, 0.05) is 18.3 Å². The predicted octanol–water partition coefficient (Wildman–Crippen LogP) is 2.45. The molecule has 3 rings (SSSR count). The normalized spacial score (nSPS) is 19.8. The number of sulfonamides is 1. The summed E-state index contributed by atoms with van der Waals surface area (Å²) in [6, 6.07) is 9.40. The van der Waals surface area contributed by atoms with Gasteiger partial charge in [-0.2, -0.15) is 0 Å². The quantitative estimate of drug-likeness (QED) is 0.904. The van der Waals surface area contributed by atoms with Crippen molar-refractivity contribution in [3.63, 3.8) is 0 Å². The monoisotopic (exact) mass is 344 g/mol. The molecule has 1 fully saturated rings. The zero-order valence-electron chi connectivity index (χ0n) is 13.7. The molecule has 24 heavy (non-hydrogen) atoms. The first-order chi connectivity index (χ1) is 11.4. The third kappa shape index (κ3) is 3.82. The number of hydrogen-bond acceptors (Lipinski definition) is 4. The Morgan fingerprint density at radius 1 is 1.29 bits per heavy atom. The number of carbonyl (C=O) groups excluding carboxylic acids is 1. The molecule has 0 aliphatic heterocycles. The third-order valence-corrected chi connectivity index (χ3v) is 5.55. The second-order valence-electron chi connectivity index (χ2n) is 6.39. The van der Waals surface area contributed by atoms with Gasteiger partial charge in [-0.15, -0.1) is 0 Å². The van der Waals surface area contributed by atoms with Gasteiger partial charge in [-0.3, -0.25) is 14.5 Å². The van der Waals surface area contributed by atoms with E-state index in [0.717, 1.165) is 22.3 Å². The van der Waals surface area contributed by atoms with Crippen molar-refractivity contribution in [3.05, 3.63) is 65.0 Å². The molecule has 2 aromatic rings. The van der Waals surface area contributed by atoms with E-state index in [0.29, 0.717) is 6.42 Å². The van der Waals surface area contributed by atoms with E-state index in [-0.39, 0.29) is 17.6 Å². The smallest absolute Gasteiger partial charge is 0.239 e. The van der Waals surface area contributed by atoms with Crippen LogP contribution in [-0.4, -0.2) is 19.3 Å². The van der Waals surface area contributed by atoms with Gasteiger partial charge in [0.25, 0.3) is 0 Å². The summed E-state index contributed by atoms with van der Waals surface area (Å²) in [6.07, 6.45) is 4.06. The minimum atomic E-state index is -3.70. The average Bonchev–Trinajstić information content (AvgIpc) is 3.32. The number of pyridine rings is 1. The fourth-order valence-corrected chi connectivity index (χ4v) is 4.12. The molecule has 2 atom stereocenters. The number of amides is 1. The second-order valence-corrected chi connectivity index (χ2v) is 8.11. The van der Waals surface area contributed by atoms with Crippen LogP contribution in [0.2, 0.25) is 0 Å². The van der Waals surface area contributed by atoms with Crippen LogP contribution in [0.25, 0.3) is 0 Å². The number of nitrogens with zero attached hydrogens (tertiary/aromatic N) is 1. The molecule has 0 bridgehead atoms. The summed E-state index contributed by atoms with van der Waals surface area (Å²) in [5.74, 6) is -0.831. The summed E-state index contributed by atoms with van der Waals surface area (Å²) < 4.78 is 26.8. The van der Waals surface area contributed by atoms with E-state index in [1.54, 1.807) is 12.4 Å². The SMILES string of the molecule is Cc1ccc(C)c(CS(=O)(=O)NC(=O)[C@@H]2C[C@@H]2c2cccnc2)c1. The number of rotatable bonds is 5. The Balaban J connectivity index is 1.65. The molecule has 1 aliphatic carbocycles. The number of nitrogens with one attached hydrogen (secondary N) is 1. The van der Waals surface area contributed by atoms with Gasteiger partial charge in [-0.1, -0.05) is 29.8 Å². The Bertz CT molecular complexity index is 863. The first-order valence-corrected chi connectivity index (χ1v) is 9.51. The highest BCUT2D eigenvalue weighted by Gasteiger charge is 2.45. The van der Waals surface area contributed by atoms with Crippen molar-refractivity contribution in [2.45, 2.75) is 31.9 Å². The van der Waals surface area contributed by atoms with Crippen LogP contribution in [0.4, 0.5) is 0 Å². The van der Waals surface area contributed by atoms with Crippen molar-refractivity contribution in [3.8, 4) is 0 Å². The largest absolute Gasteiger partial charge is 0.274 e. The Morgan fingerprint density at radius 3 is 2.79 bits per heavy atom. The molecule has 6 heteroatoms. The zero-order valence-corrected chi connectivity index (χ0v) is 14.5. The number of aryl methyl sites for hydroxylation is 2. The van der Waals surface area contributed by atoms with E-state index in [1.165, 1.54) is 0 Å². The Hall–Kier alpha value is -2.21. The summed E-state index contributed by atoms with van der Waals surface area (Å²) in [4.78, 5) is 16.3. The Kier molecular flexibility index (Phi) is 4.41. The first kappa shape index (κ1) is 16.6. The lowest BCUT2D eigenvalue weighted by molar-refractivity contribution is -0.120. The lowest BCUT2D eigenvalue weighted by Gasteiger charge is -2.10. The van der Waals surface area contributed by atoms with Crippen molar-refractivity contribution < 1.29 is 13.2 Å². The van der Waals surface area contributed by atoms with E-state index in [2.05, 4.69) is 9.71 Å². The van der Waals surface area contributed by atoms with Crippen molar-refractivity contribution in [2.24, 2.45) is 5.92 Å². The van der Waals surface area contributed by atoms with Crippen LogP contribution in [0.1, 0.15) is 34.6 Å². The molecule has 0 saturated heterocycles. The topological polar surface area (TPSA) is 76.1 Å². The third-order valence-electron chi connectivity index (χ3n) is 4.35. The summed E-state index contributed by atoms with van der Waals surface area (Å²) in [7, 11) is -3.70. The fraction of sp³-hybridized carbons (Fsp3) is 0.333. The molecule has 1 aliphatic rings. The zero-order chi connectivity index (χ0) is 17.3. The molecule has 126 valence electrons. The molecule has 5 nitrogen and oxygen atoms in total. The summed E-state index contributed by atoms with van der Waals surface area (Å²) in [5, 5.41) is 0. The van der Waals surface area contributed by atoms with Crippen LogP contribution in [0.5, 0.6) is 0 Å². The molecule has 1 saturated carbocycles. The van der Waals surface area contributed by atoms with E-state index < -0.39 is 15.9 Å². The average molecular weight is 344 g/mol. The molecule has 1 aromatic heterocycles. The predicted molar refractivity (Wildman–Crippen MR) is 91.8 cm³/mol. The number of benzene rings is 1. The number of carbonyl (C=O) groups is 1. The van der Waals surface area contributed by atoms with Crippen molar-refractivity contribution in [1.29, 1.82) is 0 Å². The number of aromatic nitrogens is 1. The summed E-state index contributed by atoms with van der Waals surface area (Å²) >= 11 is 0. The minimum Gasteiger partial charge on any atom is -0.274 e. The maximum atomic E-state index is 12.3. The highest BCUT2D eigenvalue weighted by atomic mass is 32.2. The minimum absolute atomic E-state index is 0.0644. The standard InChI is InChI=1S/C18H20N2O3S/c1-12-5-6-13(2)15(8-12)11-24(22,23)20-18(21)17-9-16(17)14-4-3-7-19-10-14/h3-8,10,16-17H,9,11H2,1-2H3,(H,20,21)/t16-,17-/m1/s1. The van der Waals surface area contributed by atoms with Crippen molar-refractivity contribution in [1.82, 2.24) is 9.71 Å². The van der Waals surface area contributed by atoms with Gasteiger partial charge in [0.1, 0.15) is 0 Å².